The third-order valence-corrected chi connectivity index (χ3v) is 9.28. The van der Waals surface area contributed by atoms with Crippen LogP contribution in [0.4, 0.5) is 17.6 Å². The molecule has 0 fully saturated rings. The molecule has 0 saturated heterocycles. The van der Waals surface area contributed by atoms with Crippen LogP contribution in [0.1, 0.15) is 9.67 Å². The van der Waals surface area contributed by atoms with Gasteiger partial charge in [-0.1, -0.05) is 0 Å². The number of aromatic nitrogens is 4. The Morgan fingerprint density at radius 1 is 0.718 bits per heavy atom. The molecule has 1 N–H and O–H groups in total. The predicted octanol–water partition coefficient (Wildman–Crippen LogP) is 8.50. The summed E-state index contributed by atoms with van der Waals surface area (Å²) in [4.78, 5) is 27.5. The van der Waals surface area contributed by atoms with E-state index in [4.69, 9.17) is 5.11 Å². The van der Waals surface area contributed by atoms with E-state index in [-0.39, 0.29) is 16.1 Å². The summed E-state index contributed by atoms with van der Waals surface area (Å²) in [6, 6.07) is 6.40. The maximum atomic E-state index is 13.3. The fourth-order valence-electron chi connectivity index (χ4n) is 3.63. The van der Waals surface area contributed by atoms with Crippen molar-refractivity contribution in [3.05, 3.63) is 91.5 Å². The van der Waals surface area contributed by atoms with Crippen LogP contribution >= 0.6 is 54.5 Å². The first-order valence-corrected chi connectivity index (χ1v) is 13.9. The van der Waals surface area contributed by atoms with Gasteiger partial charge in [-0.05, 0) is 56.1 Å². The maximum Gasteiger partial charge on any atom is 0.347 e. The highest BCUT2D eigenvalue weighted by Gasteiger charge is 2.20. The van der Waals surface area contributed by atoms with Crippen molar-refractivity contribution in [2.45, 2.75) is 0 Å². The van der Waals surface area contributed by atoms with Gasteiger partial charge in [-0.15, -0.1) is 22.7 Å². The first-order valence-electron chi connectivity index (χ1n) is 10.6. The van der Waals surface area contributed by atoms with Crippen molar-refractivity contribution in [3.63, 3.8) is 0 Å². The monoisotopic (exact) mass is 696 g/mol. The van der Waals surface area contributed by atoms with Crippen LogP contribution in [0.2, 0.25) is 0 Å². The van der Waals surface area contributed by atoms with Gasteiger partial charge in [0.05, 0.1) is 35.2 Å². The molecule has 4 heterocycles. The molecule has 6 rings (SSSR count). The lowest BCUT2D eigenvalue weighted by molar-refractivity contribution is 0.0701. The highest BCUT2D eigenvalue weighted by Crippen LogP contribution is 2.39. The molecule has 6 aromatic rings. The number of carboxylic acids is 1. The first kappa shape index (κ1) is 27.2. The van der Waals surface area contributed by atoms with E-state index in [1.807, 2.05) is 5.38 Å². The molecule has 6 nitrogen and oxygen atoms in total. The third-order valence-electron chi connectivity index (χ3n) is 5.19. The Bertz CT molecular complexity index is 1860. The maximum absolute atomic E-state index is 13.3. The normalized spacial score (nSPS) is 11.0. The number of carbonyl (C=O) groups is 1. The molecule has 0 radical (unpaired) electrons. The molecule has 0 aliphatic carbocycles. The molecule has 0 bridgehead atoms. The second-order valence-corrected chi connectivity index (χ2v) is 11.3. The minimum absolute atomic E-state index is 0.0589. The molecular formula is C25H10Br2F4N4O2S2. The van der Waals surface area contributed by atoms with E-state index < -0.39 is 29.2 Å². The largest absolute Gasteiger partial charge is 0.477 e. The van der Waals surface area contributed by atoms with Crippen molar-refractivity contribution in [1.29, 1.82) is 0 Å². The van der Waals surface area contributed by atoms with Gasteiger partial charge in [0.2, 0.25) is 0 Å². The number of hydrogen-bond donors (Lipinski definition) is 1. The Kier molecular flexibility index (Phi) is 7.71. The molecule has 2 aromatic carbocycles. The van der Waals surface area contributed by atoms with Crippen LogP contribution in [0.5, 0.6) is 0 Å². The predicted molar refractivity (Wildman–Crippen MR) is 148 cm³/mol. The van der Waals surface area contributed by atoms with Gasteiger partial charge in [0, 0.05) is 28.6 Å². The van der Waals surface area contributed by atoms with Crippen LogP contribution in [0.25, 0.3) is 42.9 Å². The number of rotatable bonds is 3. The van der Waals surface area contributed by atoms with Gasteiger partial charge in [-0.25, -0.2) is 42.3 Å². The minimum Gasteiger partial charge on any atom is -0.477 e. The SMILES string of the molecule is Fc1cc(F)cc(-c2ncnc3c(Br)csc23)c1.O=C(O)c1sc2c(-c3cc(F)cc(F)c3)ncnc2c1Br. The van der Waals surface area contributed by atoms with E-state index in [2.05, 4.69) is 51.8 Å². The zero-order chi connectivity index (χ0) is 27.8. The van der Waals surface area contributed by atoms with E-state index in [0.717, 1.165) is 50.3 Å². The molecule has 0 amide bonds. The van der Waals surface area contributed by atoms with Gasteiger partial charge >= 0.3 is 5.97 Å². The summed E-state index contributed by atoms with van der Waals surface area (Å²) in [6.45, 7) is 0. The van der Waals surface area contributed by atoms with Gasteiger partial charge in [0.15, 0.2) is 0 Å². The summed E-state index contributed by atoms with van der Waals surface area (Å²) < 4.78 is 55.6. The average Bonchev–Trinajstić information content (AvgIpc) is 3.43. The molecule has 0 atom stereocenters. The van der Waals surface area contributed by atoms with E-state index in [1.54, 1.807) is 0 Å². The number of hydrogen-bond acceptors (Lipinski definition) is 7. The summed E-state index contributed by atoms with van der Waals surface area (Å²) in [6.07, 6.45) is 2.61. The lowest BCUT2D eigenvalue weighted by Gasteiger charge is -2.02. The first-order chi connectivity index (χ1) is 18.6. The number of fused-ring (bicyclic) bond motifs is 2. The van der Waals surface area contributed by atoms with Crippen LogP contribution in [0.15, 0.2) is 63.4 Å². The van der Waals surface area contributed by atoms with Gasteiger partial charge < -0.3 is 5.11 Å². The topological polar surface area (TPSA) is 88.9 Å². The number of aromatic carboxylic acids is 1. The van der Waals surface area contributed by atoms with Gasteiger partial charge in [-0.2, -0.15) is 0 Å². The Morgan fingerprint density at radius 2 is 1.21 bits per heavy atom. The van der Waals surface area contributed by atoms with E-state index in [0.29, 0.717) is 25.9 Å². The Hall–Kier alpha value is -3.33. The number of thiophene rings is 2. The highest BCUT2D eigenvalue weighted by molar-refractivity contribution is 9.11. The number of benzene rings is 2. The molecule has 0 aliphatic rings. The van der Waals surface area contributed by atoms with Gasteiger partial charge in [-0.3, -0.25) is 0 Å². The zero-order valence-electron chi connectivity index (χ0n) is 18.9. The summed E-state index contributed by atoms with van der Waals surface area (Å²) in [7, 11) is 0. The van der Waals surface area contributed by atoms with Crippen LogP contribution < -0.4 is 0 Å². The van der Waals surface area contributed by atoms with Crippen LogP contribution in [0, 0.1) is 23.3 Å². The van der Waals surface area contributed by atoms with E-state index >= 15 is 0 Å². The van der Waals surface area contributed by atoms with E-state index in [9.17, 15) is 22.4 Å². The molecule has 0 unspecified atom stereocenters. The summed E-state index contributed by atoms with van der Waals surface area (Å²) in [5.41, 5.74) is 2.60. The second-order valence-electron chi connectivity index (χ2n) is 7.75. The quantitative estimate of drug-likeness (QED) is 0.187. The smallest absolute Gasteiger partial charge is 0.347 e. The van der Waals surface area contributed by atoms with Crippen molar-refractivity contribution in [2.75, 3.05) is 0 Å². The Labute approximate surface area is 241 Å². The lowest BCUT2D eigenvalue weighted by Crippen LogP contribution is -1.91. The molecule has 14 heteroatoms. The van der Waals surface area contributed by atoms with E-state index in [1.165, 1.54) is 36.1 Å². The fraction of sp³-hybridized carbons (Fsp3) is 0. The molecular weight excluding hydrogens is 688 g/mol. The van der Waals surface area contributed by atoms with Crippen molar-refractivity contribution >= 4 is 80.9 Å². The summed E-state index contributed by atoms with van der Waals surface area (Å²) in [5, 5.41) is 11.0. The second kappa shape index (κ2) is 11.0. The third kappa shape index (κ3) is 5.55. The summed E-state index contributed by atoms with van der Waals surface area (Å²) >= 11 is 8.93. The molecule has 4 aromatic heterocycles. The van der Waals surface area contributed by atoms with Crippen molar-refractivity contribution in [3.8, 4) is 22.5 Å². The van der Waals surface area contributed by atoms with Crippen molar-refractivity contribution < 1.29 is 27.5 Å². The molecule has 196 valence electrons. The lowest BCUT2D eigenvalue weighted by atomic mass is 10.1. The molecule has 0 spiro atoms. The summed E-state index contributed by atoms with van der Waals surface area (Å²) in [5.74, 6) is -3.81. The fourth-order valence-corrected chi connectivity index (χ4v) is 7.08. The number of halogens is 6. The molecule has 0 saturated carbocycles. The standard InChI is InChI=1S/C13H5BrF2N2O2S.C12H5BrF2N2S/c14-8-10-12(21-11(8)13(19)20)9(17-4-18-10)5-1-6(15)3-7(16)2-5;13-9-4-18-12-10(16-5-17-11(9)12)6-1-7(14)3-8(15)2-6/h1-4H,(H,19,20);1-5H. The van der Waals surface area contributed by atoms with Crippen LogP contribution in [-0.2, 0) is 0 Å². The Morgan fingerprint density at radius 3 is 1.72 bits per heavy atom. The number of nitrogens with zero attached hydrogens (tertiary/aromatic N) is 4. The Balaban J connectivity index is 0.000000160. The van der Waals surface area contributed by atoms with Crippen molar-refractivity contribution in [2.24, 2.45) is 0 Å². The number of carboxylic acid groups (broad SMARTS) is 1. The molecule has 0 aliphatic heterocycles. The highest BCUT2D eigenvalue weighted by atomic mass is 79.9. The van der Waals surface area contributed by atoms with Crippen LogP contribution in [0.3, 0.4) is 0 Å². The average molecular weight is 698 g/mol. The zero-order valence-corrected chi connectivity index (χ0v) is 23.7. The minimum atomic E-state index is -1.11. The van der Waals surface area contributed by atoms with Gasteiger partial charge in [0.1, 0.15) is 46.3 Å². The molecule has 39 heavy (non-hydrogen) atoms. The van der Waals surface area contributed by atoms with Crippen LogP contribution in [-0.4, -0.2) is 31.0 Å². The van der Waals surface area contributed by atoms with Crippen molar-refractivity contribution in [1.82, 2.24) is 19.9 Å². The van der Waals surface area contributed by atoms with Gasteiger partial charge in [0.25, 0.3) is 0 Å².